The topological polar surface area (TPSA) is 57.5 Å². The normalized spacial score (nSPS) is 49.6. The standard InChI is InChI=1S/C20H30O3/c1-5-18(2)10-8-14-13(12-18)6-7-15-19(14,3)11-9-16(21)20(15,4)17(22)23/h5-6,14-16,21H,1,7-12H2,2-4H3,(H,22,23). The number of hydrogen-bond acceptors (Lipinski definition) is 2. The van der Waals surface area contributed by atoms with E-state index in [1.807, 2.05) is 0 Å². The molecule has 0 radical (unpaired) electrons. The molecule has 0 aliphatic heterocycles. The van der Waals surface area contributed by atoms with Crippen molar-refractivity contribution in [1.29, 1.82) is 0 Å². The highest BCUT2D eigenvalue weighted by molar-refractivity contribution is 5.76. The molecule has 2 N–H and O–H groups in total. The molecule has 0 spiro atoms. The van der Waals surface area contributed by atoms with Crippen LogP contribution in [0.4, 0.5) is 0 Å². The van der Waals surface area contributed by atoms with Gasteiger partial charge in [-0.05, 0) is 68.1 Å². The predicted octanol–water partition coefficient (Wildman–Crippen LogP) is 4.18. The van der Waals surface area contributed by atoms with E-state index in [4.69, 9.17) is 0 Å². The van der Waals surface area contributed by atoms with Gasteiger partial charge >= 0.3 is 5.97 Å². The Morgan fingerprint density at radius 1 is 1.30 bits per heavy atom. The molecule has 2 fully saturated rings. The summed E-state index contributed by atoms with van der Waals surface area (Å²) in [6.07, 6.45) is 9.20. The molecule has 2 saturated carbocycles. The summed E-state index contributed by atoms with van der Waals surface area (Å²) in [4.78, 5) is 12.0. The summed E-state index contributed by atoms with van der Waals surface area (Å²) >= 11 is 0. The molecule has 0 heterocycles. The Morgan fingerprint density at radius 2 is 2.00 bits per heavy atom. The quantitative estimate of drug-likeness (QED) is 0.751. The van der Waals surface area contributed by atoms with Gasteiger partial charge in [0.25, 0.3) is 0 Å². The third-order valence-electron chi connectivity index (χ3n) is 7.59. The molecule has 3 nitrogen and oxygen atoms in total. The molecule has 0 bridgehead atoms. The first-order valence-electron chi connectivity index (χ1n) is 8.91. The molecule has 23 heavy (non-hydrogen) atoms. The van der Waals surface area contributed by atoms with E-state index in [1.165, 1.54) is 5.57 Å². The maximum Gasteiger partial charge on any atom is 0.312 e. The lowest BCUT2D eigenvalue weighted by Crippen LogP contribution is -2.59. The van der Waals surface area contributed by atoms with Gasteiger partial charge in [-0.25, -0.2) is 0 Å². The van der Waals surface area contributed by atoms with Crippen LogP contribution in [0.2, 0.25) is 0 Å². The van der Waals surface area contributed by atoms with Crippen LogP contribution in [0.3, 0.4) is 0 Å². The fourth-order valence-corrected chi connectivity index (χ4v) is 5.81. The minimum Gasteiger partial charge on any atom is -0.481 e. The summed E-state index contributed by atoms with van der Waals surface area (Å²) in [5, 5.41) is 20.3. The lowest BCUT2D eigenvalue weighted by molar-refractivity contribution is -0.181. The molecule has 0 aromatic heterocycles. The van der Waals surface area contributed by atoms with Crippen LogP contribution in [0.25, 0.3) is 0 Å². The highest BCUT2D eigenvalue weighted by Crippen LogP contribution is 2.63. The number of allylic oxidation sites excluding steroid dienone is 3. The molecule has 0 amide bonds. The summed E-state index contributed by atoms with van der Waals surface area (Å²) in [7, 11) is 0. The Hall–Kier alpha value is -1.09. The number of aliphatic hydroxyl groups excluding tert-OH is 1. The van der Waals surface area contributed by atoms with Gasteiger partial charge < -0.3 is 10.2 Å². The number of rotatable bonds is 2. The molecule has 6 atom stereocenters. The number of hydrogen-bond donors (Lipinski definition) is 2. The van der Waals surface area contributed by atoms with Crippen molar-refractivity contribution in [3.63, 3.8) is 0 Å². The van der Waals surface area contributed by atoms with Gasteiger partial charge in [0.2, 0.25) is 0 Å². The molecule has 3 rings (SSSR count). The largest absolute Gasteiger partial charge is 0.481 e. The van der Waals surface area contributed by atoms with Gasteiger partial charge in [-0.2, -0.15) is 0 Å². The van der Waals surface area contributed by atoms with Crippen LogP contribution in [-0.4, -0.2) is 22.3 Å². The fraction of sp³-hybridized carbons (Fsp3) is 0.750. The molecule has 0 saturated heterocycles. The number of carboxylic acid groups (broad SMARTS) is 1. The van der Waals surface area contributed by atoms with Crippen LogP contribution in [-0.2, 0) is 4.79 Å². The third-order valence-corrected chi connectivity index (χ3v) is 7.59. The number of aliphatic hydroxyl groups is 1. The Labute approximate surface area is 139 Å². The lowest BCUT2D eigenvalue weighted by atomic mass is 9.45. The Morgan fingerprint density at radius 3 is 2.61 bits per heavy atom. The summed E-state index contributed by atoms with van der Waals surface area (Å²) in [5.41, 5.74) is 0.629. The van der Waals surface area contributed by atoms with E-state index in [1.54, 1.807) is 6.92 Å². The molecular weight excluding hydrogens is 288 g/mol. The number of carboxylic acids is 1. The average Bonchev–Trinajstić information content (AvgIpc) is 2.51. The summed E-state index contributed by atoms with van der Waals surface area (Å²) in [6, 6.07) is 0. The van der Waals surface area contributed by atoms with Crippen molar-refractivity contribution in [2.24, 2.45) is 28.1 Å². The van der Waals surface area contributed by atoms with Gasteiger partial charge in [-0.1, -0.05) is 31.6 Å². The van der Waals surface area contributed by atoms with Crippen LogP contribution < -0.4 is 0 Å². The first-order chi connectivity index (χ1) is 10.7. The van der Waals surface area contributed by atoms with Crippen molar-refractivity contribution >= 4 is 5.97 Å². The van der Waals surface area contributed by atoms with Crippen LogP contribution in [0.1, 0.15) is 59.3 Å². The van der Waals surface area contributed by atoms with Crippen molar-refractivity contribution in [2.75, 3.05) is 0 Å². The van der Waals surface area contributed by atoms with E-state index in [9.17, 15) is 15.0 Å². The molecular formula is C20H30O3. The van der Waals surface area contributed by atoms with Crippen LogP contribution in [0.5, 0.6) is 0 Å². The van der Waals surface area contributed by atoms with Crippen molar-refractivity contribution < 1.29 is 15.0 Å². The van der Waals surface area contributed by atoms with E-state index in [-0.39, 0.29) is 16.7 Å². The predicted molar refractivity (Wildman–Crippen MR) is 90.9 cm³/mol. The molecule has 0 aromatic carbocycles. The van der Waals surface area contributed by atoms with Crippen LogP contribution in [0.15, 0.2) is 24.3 Å². The van der Waals surface area contributed by atoms with Crippen LogP contribution >= 0.6 is 0 Å². The van der Waals surface area contributed by atoms with Crippen molar-refractivity contribution in [2.45, 2.75) is 65.4 Å². The zero-order chi connectivity index (χ0) is 17.0. The second-order valence-corrected chi connectivity index (χ2v) is 8.84. The molecule has 128 valence electrons. The van der Waals surface area contributed by atoms with Crippen LogP contribution in [0, 0.1) is 28.1 Å². The SMILES string of the molecule is C=CC1(C)CCC2C(=CCC3C2(C)CCC(O)C3(C)C(=O)O)C1. The number of fused-ring (bicyclic) bond motifs is 3. The Bertz CT molecular complexity index is 565. The third kappa shape index (κ3) is 2.23. The maximum atomic E-state index is 12.0. The minimum absolute atomic E-state index is 0.0121. The molecule has 3 aliphatic rings. The number of carbonyl (C=O) groups is 1. The zero-order valence-corrected chi connectivity index (χ0v) is 14.6. The van der Waals surface area contributed by atoms with Gasteiger partial charge in [0.05, 0.1) is 11.5 Å². The summed E-state index contributed by atoms with van der Waals surface area (Å²) < 4.78 is 0. The van der Waals surface area contributed by atoms with Gasteiger partial charge in [-0.3, -0.25) is 4.79 Å². The Kier molecular flexibility index (Phi) is 3.79. The number of aliphatic carboxylic acids is 1. The second-order valence-electron chi connectivity index (χ2n) is 8.84. The van der Waals surface area contributed by atoms with Gasteiger partial charge in [0, 0.05) is 0 Å². The van der Waals surface area contributed by atoms with E-state index in [0.717, 1.165) is 32.1 Å². The summed E-state index contributed by atoms with van der Waals surface area (Å²) in [6.45, 7) is 10.3. The highest BCUT2D eigenvalue weighted by Gasteiger charge is 2.61. The summed E-state index contributed by atoms with van der Waals surface area (Å²) in [5.74, 6) is -0.372. The Balaban J connectivity index is 2.00. The van der Waals surface area contributed by atoms with E-state index < -0.39 is 17.5 Å². The second kappa shape index (κ2) is 5.20. The highest BCUT2D eigenvalue weighted by atomic mass is 16.4. The smallest absolute Gasteiger partial charge is 0.312 e. The first kappa shape index (κ1) is 16.8. The van der Waals surface area contributed by atoms with E-state index >= 15 is 0 Å². The fourth-order valence-electron chi connectivity index (χ4n) is 5.81. The van der Waals surface area contributed by atoms with Gasteiger partial charge in [0.1, 0.15) is 0 Å². The van der Waals surface area contributed by atoms with E-state index in [2.05, 4.69) is 32.6 Å². The zero-order valence-electron chi connectivity index (χ0n) is 14.6. The van der Waals surface area contributed by atoms with Gasteiger partial charge in [0.15, 0.2) is 0 Å². The molecule has 3 heteroatoms. The lowest BCUT2D eigenvalue weighted by Gasteiger charge is -2.59. The van der Waals surface area contributed by atoms with Crippen molar-refractivity contribution in [3.8, 4) is 0 Å². The minimum atomic E-state index is -1.03. The first-order valence-corrected chi connectivity index (χ1v) is 8.91. The molecule has 6 unspecified atom stereocenters. The van der Waals surface area contributed by atoms with E-state index in [0.29, 0.717) is 12.3 Å². The maximum absolute atomic E-state index is 12.0. The average molecular weight is 318 g/mol. The molecule has 0 aromatic rings. The molecule has 3 aliphatic carbocycles. The van der Waals surface area contributed by atoms with Crippen molar-refractivity contribution in [3.05, 3.63) is 24.3 Å². The van der Waals surface area contributed by atoms with Gasteiger partial charge in [-0.15, -0.1) is 6.58 Å². The van der Waals surface area contributed by atoms with Crippen molar-refractivity contribution in [1.82, 2.24) is 0 Å². The monoisotopic (exact) mass is 318 g/mol.